The zero-order valence-electron chi connectivity index (χ0n) is 10.3. The summed E-state index contributed by atoms with van der Waals surface area (Å²) in [7, 11) is 0. The van der Waals surface area contributed by atoms with Gasteiger partial charge in [-0.25, -0.2) is 4.39 Å². The van der Waals surface area contributed by atoms with E-state index in [9.17, 15) is 9.18 Å². The molecule has 4 heteroatoms. The average molecular weight is 275 g/mol. The summed E-state index contributed by atoms with van der Waals surface area (Å²) in [5.41, 5.74) is 7.29. The highest BCUT2D eigenvalue weighted by Gasteiger charge is 2.17. The van der Waals surface area contributed by atoms with Gasteiger partial charge in [0.2, 0.25) is 5.91 Å². The second-order valence-corrected chi connectivity index (χ2v) is 5.22. The summed E-state index contributed by atoms with van der Waals surface area (Å²) in [6, 6.07) is 15.7. The molecule has 0 heterocycles. The Morgan fingerprint density at radius 2 is 1.74 bits per heavy atom. The predicted octanol–water partition coefficient (Wildman–Crippen LogP) is 3.29. The Balaban J connectivity index is 2.06. The Morgan fingerprint density at radius 3 is 2.32 bits per heavy atom. The van der Waals surface area contributed by atoms with Crippen LogP contribution in [0, 0.1) is 5.82 Å². The summed E-state index contributed by atoms with van der Waals surface area (Å²) in [5.74, 6) is -0.00967. The fourth-order valence-corrected chi connectivity index (χ4v) is 2.80. The number of primary amides is 1. The highest BCUT2D eigenvalue weighted by atomic mass is 32.2. The summed E-state index contributed by atoms with van der Waals surface area (Å²) in [5, 5.41) is -0.383. The fraction of sp³-hybridized carbons (Fsp3) is 0.133. The van der Waals surface area contributed by atoms with Gasteiger partial charge in [-0.2, -0.15) is 0 Å². The second kappa shape index (κ2) is 6.38. The van der Waals surface area contributed by atoms with Gasteiger partial charge in [-0.15, -0.1) is 11.8 Å². The van der Waals surface area contributed by atoms with E-state index in [1.807, 2.05) is 30.3 Å². The highest BCUT2D eigenvalue weighted by molar-refractivity contribution is 7.99. The van der Waals surface area contributed by atoms with E-state index in [0.29, 0.717) is 5.75 Å². The van der Waals surface area contributed by atoms with Crippen molar-refractivity contribution >= 4 is 17.7 Å². The smallest absolute Gasteiger partial charge is 0.235 e. The number of rotatable bonds is 5. The maximum absolute atomic E-state index is 12.8. The molecule has 2 N–H and O–H groups in total. The lowest BCUT2D eigenvalue weighted by Gasteiger charge is -2.13. The Morgan fingerprint density at radius 1 is 1.11 bits per heavy atom. The van der Waals surface area contributed by atoms with Crippen LogP contribution < -0.4 is 5.73 Å². The van der Waals surface area contributed by atoms with E-state index in [0.717, 1.165) is 11.1 Å². The van der Waals surface area contributed by atoms with Crippen molar-refractivity contribution in [2.24, 2.45) is 5.73 Å². The first-order valence-electron chi connectivity index (χ1n) is 5.87. The molecule has 0 aliphatic carbocycles. The maximum atomic E-state index is 12.8. The average Bonchev–Trinajstić information content (AvgIpc) is 2.42. The van der Waals surface area contributed by atoms with Gasteiger partial charge in [-0.05, 0) is 23.3 Å². The molecule has 98 valence electrons. The van der Waals surface area contributed by atoms with Gasteiger partial charge < -0.3 is 5.73 Å². The number of thioether (sulfide) groups is 1. The van der Waals surface area contributed by atoms with E-state index in [1.165, 1.54) is 23.9 Å². The largest absolute Gasteiger partial charge is 0.368 e. The van der Waals surface area contributed by atoms with E-state index in [1.54, 1.807) is 12.1 Å². The van der Waals surface area contributed by atoms with E-state index in [-0.39, 0.29) is 17.0 Å². The molecule has 0 aliphatic heterocycles. The van der Waals surface area contributed by atoms with Crippen LogP contribution in [-0.4, -0.2) is 5.91 Å². The molecule has 1 atom stereocenters. The van der Waals surface area contributed by atoms with Gasteiger partial charge in [0.15, 0.2) is 0 Å². The van der Waals surface area contributed by atoms with Crippen molar-refractivity contribution in [3.8, 4) is 0 Å². The van der Waals surface area contributed by atoms with Crippen molar-refractivity contribution in [1.29, 1.82) is 0 Å². The van der Waals surface area contributed by atoms with Gasteiger partial charge in [-0.3, -0.25) is 4.79 Å². The molecule has 2 nitrogen and oxygen atoms in total. The Kier molecular flexibility index (Phi) is 4.58. The second-order valence-electron chi connectivity index (χ2n) is 4.13. The number of hydrogen-bond donors (Lipinski definition) is 1. The zero-order valence-corrected chi connectivity index (χ0v) is 11.1. The molecule has 2 rings (SSSR count). The molecular weight excluding hydrogens is 261 g/mol. The van der Waals surface area contributed by atoms with Crippen LogP contribution in [-0.2, 0) is 10.5 Å². The summed E-state index contributed by atoms with van der Waals surface area (Å²) in [6.07, 6.45) is 0. The van der Waals surface area contributed by atoms with Crippen molar-refractivity contribution in [2.75, 3.05) is 0 Å². The quantitative estimate of drug-likeness (QED) is 0.910. The highest BCUT2D eigenvalue weighted by Crippen LogP contribution is 2.31. The van der Waals surface area contributed by atoms with E-state index >= 15 is 0 Å². The summed E-state index contributed by atoms with van der Waals surface area (Å²) >= 11 is 1.44. The molecule has 19 heavy (non-hydrogen) atoms. The lowest BCUT2D eigenvalue weighted by Crippen LogP contribution is -2.19. The minimum atomic E-state index is -0.383. The number of nitrogens with two attached hydrogens (primary N) is 1. The molecule has 0 fully saturated rings. The fourth-order valence-electron chi connectivity index (χ4n) is 1.73. The van der Waals surface area contributed by atoms with E-state index < -0.39 is 0 Å². The van der Waals surface area contributed by atoms with Crippen LogP contribution in [0.5, 0.6) is 0 Å². The van der Waals surface area contributed by atoms with Crippen LogP contribution in [0.2, 0.25) is 0 Å². The molecular formula is C15H14FNOS. The third-order valence-corrected chi connectivity index (χ3v) is 4.03. The molecule has 1 unspecified atom stereocenters. The minimum Gasteiger partial charge on any atom is -0.368 e. The zero-order chi connectivity index (χ0) is 13.7. The van der Waals surface area contributed by atoms with Crippen LogP contribution in [0.3, 0.4) is 0 Å². The van der Waals surface area contributed by atoms with Crippen molar-refractivity contribution in [3.05, 3.63) is 71.5 Å². The van der Waals surface area contributed by atoms with Crippen LogP contribution in [0.4, 0.5) is 4.39 Å². The Hall–Kier alpha value is -1.81. The van der Waals surface area contributed by atoms with Gasteiger partial charge in [0.25, 0.3) is 0 Å². The van der Waals surface area contributed by atoms with Gasteiger partial charge in [-0.1, -0.05) is 42.5 Å². The van der Waals surface area contributed by atoms with Gasteiger partial charge >= 0.3 is 0 Å². The van der Waals surface area contributed by atoms with Crippen molar-refractivity contribution in [3.63, 3.8) is 0 Å². The number of amides is 1. The van der Waals surface area contributed by atoms with Gasteiger partial charge in [0.05, 0.1) is 0 Å². The molecule has 0 saturated heterocycles. The molecule has 2 aromatic rings. The minimum absolute atomic E-state index is 0.261. The van der Waals surface area contributed by atoms with Crippen molar-refractivity contribution in [1.82, 2.24) is 0 Å². The molecule has 0 radical (unpaired) electrons. The third kappa shape index (κ3) is 3.83. The monoisotopic (exact) mass is 275 g/mol. The first-order chi connectivity index (χ1) is 9.16. The number of carbonyl (C=O) groups excluding carboxylic acids is 1. The number of hydrogen-bond acceptors (Lipinski definition) is 2. The van der Waals surface area contributed by atoms with Crippen molar-refractivity contribution in [2.45, 2.75) is 11.0 Å². The Labute approximate surface area is 115 Å². The van der Waals surface area contributed by atoms with E-state index in [2.05, 4.69) is 0 Å². The number of halogens is 1. The summed E-state index contributed by atoms with van der Waals surface area (Å²) in [6.45, 7) is 0. The first-order valence-corrected chi connectivity index (χ1v) is 6.92. The van der Waals surface area contributed by atoms with Crippen LogP contribution in [0.25, 0.3) is 0 Å². The number of carbonyl (C=O) groups is 1. The topological polar surface area (TPSA) is 43.1 Å². The van der Waals surface area contributed by atoms with Crippen LogP contribution in [0.15, 0.2) is 54.6 Å². The summed E-state index contributed by atoms with van der Waals surface area (Å²) < 4.78 is 12.8. The Bertz CT molecular complexity index is 542. The molecule has 1 amide bonds. The molecule has 0 saturated carbocycles. The third-order valence-electron chi connectivity index (χ3n) is 2.69. The van der Waals surface area contributed by atoms with Crippen LogP contribution >= 0.6 is 11.8 Å². The first kappa shape index (κ1) is 13.6. The SMILES string of the molecule is NC(=O)C(SCc1ccc(F)cc1)c1ccccc1. The lowest BCUT2D eigenvalue weighted by atomic mass is 10.1. The summed E-state index contributed by atoms with van der Waals surface area (Å²) in [4.78, 5) is 11.5. The molecule has 0 aromatic heterocycles. The van der Waals surface area contributed by atoms with Crippen molar-refractivity contribution < 1.29 is 9.18 Å². The standard InChI is InChI=1S/C15H14FNOS/c16-13-8-6-11(7-9-13)10-19-14(15(17)18)12-4-2-1-3-5-12/h1-9,14H,10H2,(H2,17,18). The number of benzene rings is 2. The molecule has 0 bridgehead atoms. The van der Waals surface area contributed by atoms with Gasteiger partial charge in [0.1, 0.15) is 11.1 Å². The van der Waals surface area contributed by atoms with Crippen LogP contribution in [0.1, 0.15) is 16.4 Å². The molecule has 0 spiro atoms. The predicted molar refractivity (Wildman–Crippen MR) is 76.1 cm³/mol. The molecule has 0 aliphatic rings. The maximum Gasteiger partial charge on any atom is 0.235 e. The normalized spacial score (nSPS) is 12.1. The van der Waals surface area contributed by atoms with E-state index in [4.69, 9.17) is 5.73 Å². The van der Waals surface area contributed by atoms with Gasteiger partial charge in [0, 0.05) is 5.75 Å². The molecule has 2 aromatic carbocycles. The lowest BCUT2D eigenvalue weighted by molar-refractivity contribution is -0.117.